The van der Waals surface area contributed by atoms with E-state index in [1.807, 2.05) is 19.9 Å². The van der Waals surface area contributed by atoms with Crippen molar-refractivity contribution < 1.29 is 0 Å². The predicted molar refractivity (Wildman–Crippen MR) is 76.9 cm³/mol. The van der Waals surface area contributed by atoms with Crippen LogP contribution in [0.1, 0.15) is 36.6 Å². The average molecular weight is 294 g/mol. The first-order chi connectivity index (χ1) is 9.08. The smallest absolute Gasteiger partial charge is 0.137 e. The Morgan fingerprint density at radius 3 is 2.68 bits per heavy atom. The minimum atomic E-state index is 0.242. The molecule has 0 saturated carbocycles. The second-order valence-corrected chi connectivity index (χ2v) is 5.14. The summed E-state index contributed by atoms with van der Waals surface area (Å²) in [6.45, 7) is 4.09. The maximum atomic E-state index is 8.94. The Labute approximate surface area is 122 Å². The zero-order chi connectivity index (χ0) is 14.0. The van der Waals surface area contributed by atoms with Gasteiger partial charge in [0.25, 0.3) is 0 Å². The van der Waals surface area contributed by atoms with Gasteiger partial charge < -0.3 is 0 Å². The lowest BCUT2D eigenvalue weighted by Crippen LogP contribution is -1.98. The third-order valence-electron chi connectivity index (χ3n) is 2.85. The van der Waals surface area contributed by atoms with Crippen LogP contribution in [-0.4, -0.2) is 9.78 Å². The molecule has 19 heavy (non-hydrogen) atoms. The van der Waals surface area contributed by atoms with E-state index in [1.165, 1.54) is 0 Å². The van der Waals surface area contributed by atoms with Gasteiger partial charge in [-0.2, -0.15) is 10.4 Å². The normalized spacial score (nSPS) is 10.7. The highest BCUT2D eigenvalue weighted by atomic mass is 35.5. The van der Waals surface area contributed by atoms with Gasteiger partial charge in [0.2, 0.25) is 0 Å². The number of nitriles is 1. The third-order valence-corrected chi connectivity index (χ3v) is 3.51. The Hall–Kier alpha value is -1.50. The molecule has 2 aromatic rings. The molecule has 0 aliphatic heterocycles. The van der Waals surface area contributed by atoms with E-state index in [9.17, 15) is 0 Å². The quantitative estimate of drug-likeness (QED) is 0.794. The van der Waals surface area contributed by atoms with E-state index in [0.717, 1.165) is 16.9 Å². The Bertz CT molecular complexity index is 639. The number of nitrogens with zero attached hydrogens (tertiary/aromatic N) is 3. The van der Waals surface area contributed by atoms with Crippen molar-refractivity contribution in [2.24, 2.45) is 0 Å². The summed E-state index contributed by atoms with van der Waals surface area (Å²) in [4.78, 5) is 0. The van der Waals surface area contributed by atoms with Gasteiger partial charge in [-0.05, 0) is 24.1 Å². The maximum Gasteiger partial charge on any atom is 0.137 e. The van der Waals surface area contributed by atoms with Crippen LogP contribution < -0.4 is 0 Å². The molecule has 1 aromatic heterocycles. The molecule has 0 unspecified atom stereocenters. The molecule has 2 rings (SSSR count). The van der Waals surface area contributed by atoms with Gasteiger partial charge in [-0.15, -0.1) is 11.6 Å². The van der Waals surface area contributed by atoms with Crippen molar-refractivity contribution in [3.05, 3.63) is 46.2 Å². The second kappa shape index (κ2) is 5.64. The second-order valence-electron chi connectivity index (χ2n) is 4.52. The Balaban J connectivity index is 2.60. The first-order valence-electron chi connectivity index (χ1n) is 5.92. The standard InChI is InChI=1S/C14H13Cl2N3/c1-9(2)13-12(7-15)14(16)19(18-13)11-5-3-4-10(6-11)8-17/h3-6,9H,7H2,1-2H3. The van der Waals surface area contributed by atoms with E-state index in [4.69, 9.17) is 28.5 Å². The predicted octanol–water partition coefficient (Wildman–Crippen LogP) is 4.26. The summed E-state index contributed by atoms with van der Waals surface area (Å²) in [5, 5.41) is 14.0. The molecular formula is C14H13Cl2N3. The Morgan fingerprint density at radius 2 is 2.16 bits per heavy atom. The molecule has 3 nitrogen and oxygen atoms in total. The van der Waals surface area contributed by atoms with Crippen molar-refractivity contribution in [3.63, 3.8) is 0 Å². The number of alkyl halides is 1. The molecule has 0 N–H and O–H groups in total. The number of hydrogen-bond donors (Lipinski definition) is 0. The molecule has 0 aliphatic carbocycles. The summed E-state index contributed by atoms with van der Waals surface area (Å²) >= 11 is 12.3. The lowest BCUT2D eigenvalue weighted by atomic mass is 10.1. The highest BCUT2D eigenvalue weighted by Crippen LogP contribution is 2.29. The SMILES string of the molecule is CC(C)c1nn(-c2cccc(C#N)c2)c(Cl)c1CCl. The van der Waals surface area contributed by atoms with Crippen LogP contribution in [0.5, 0.6) is 0 Å². The van der Waals surface area contributed by atoms with Crippen LogP contribution in [0, 0.1) is 11.3 Å². The van der Waals surface area contributed by atoms with Crippen molar-refractivity contribution in [3.8, 4) is 11.8 Å². The molecule has 5 heteroatoms. The molecule has 98 valence electrons. The van der Waals surface area contributed by atoms with Gasteiger partial charge in [-0.25, -0.2) is 4.68 Å². The zero-order valence-corrected chi connectivity index (χ0v) is 12.2. The van der Waals surface area contributed by atoms with Crippen LogP contribution in [0.25, 0.3) is 5.69 Å². The average Bonchev–Trinajstić information content (AvgIpc) is 2.76. The van der Waals surface area contributed by atoms with Crippen LogP contribution in [0.2, 0.25) is 5.15 Å². The van der Waals surface area contributed by atoms with Crippen LogP contribution >= 0.6 is 23.2 Å². The van der Waals surface area contributed by atoms with E-state index >= 15 is 0 Å². The molecule has 1 aromatic carbocycles. The third kappa shape index (κ3) is 2.60. The monoisotopic (exact) mass is 293 g/mol. The molecule has 0 amide bonds. The van der Waals surface area contributed by atoms with Crippen LogP contribution in [-0.2, 0) is 5.88 Å². The summed E-state index contributed by atoms with van der Waals surface area (Å²) in [6.07, 6.45) is 0. The highest BCUT2D eigenvalue weighted by Gasteiger charge is 2.18. The molecule has 0 fully saturated rings. The number of hydrogen-bond acceptors (Lipinski definition) is 2. The molecule has 0 aliphatic rings. The summed E-state index contributed by atoms with van der Waals surface area (Å²) < 4.78 is 1.63. The molecule has 0 saturated heterocycles. The summed E-state index contributed by atoms with van der Waals surface area (Å²) in [7, 11) is 0. The van der Waals surface area contributed by atoms with Crippen molar-refractivity contribution in [1.29, 1.82) is 5.26 Å². The van der Waals surface area contributed by atoms with Gasteiger partial charge in [0.1, 0.15) is 5.15 Å². The Morgan fingerprint density at radius 1 is 1.42 bits per heavy atom. The van der Waals surface area contributed by atoms with E-state index < -0.39 is 0 Å². The van der Waals surface area contributed by atoms with E-state index in [0.29, 0.717) is 16.6 Å². The minimum Gasteiger partial charge on any atom is -0.222 e. The molecule has 0 spiro atoms. The molecule has 0 radical (unpaired) electrons. The summed E-state index contributed by atoms with van der Waals surface area (Å²) in [5.74, 6) is 0.566. The fourth-order valence-corrected chi connectivity index (χ4v) is 2.54. The lowest BCUT2D eigenvalue weighted by molar-refractivity contribution is 0.765. The van der Waals surface area contributed by atoms with Crippen molar-refractivity contribution in [2.45, 2.75) is 25.6 Å². The van der Waals surface area contributed by atoms with Crippen molar-refractivity contribution in [1.82, 2.24) is 9.78 Å². The van der Waals surface area contributed by atoms with Crippen molar-refractivity contribution in [2.75, 3.05) is 0 Å². The number of rotatable bonds is 3. The topological polar surface area (TPSA) is 41.6 Å². The van der Waals surface area contributed by atoms with Crippen molar-refractivity contribution >= 4 is 23.2 Å². The van der Waals surface area contributed by atoms with Gasteiger partial charge in [0.05, 0.1) is 28.9 Å². The fraction of sp³-hybridized carbons (Fsp3) is 0.286. The lowest BCUT2D eigenvalue weighted by Gasteiger charge is -2.03. The molecular weight excluding hydrogens is 281 g/mol. The highest BCUT2D eigenvalue weighted by molar-refractivity contribution is 6.31. The number of aromatic nitrogens is 2. The van der Waals surface area contributed by atoms with Crippen LogP contribution in [0.3, 0.4) is 0 Å². The van der Waals surface area contributed by atoms with Gasteiger partial charge in [0, 0.05) is 5.56 Å². The molecule has 0 bridgehead atoms. The maximum absolute atomic E-state index is 8.94. The molecule has 1 heterocycles. The van der Waals surface area contributed by atoms with Gasteiger partial charge in [0.15, 0.2) is 0 Å². The fourth-order valence-electron chi connectivity index (χ4n) is 1.91. The Kier molecular flexibility index (Phi) is 4.14. The molecule has 0 atom stereocenters. The van der Waals surface area contributed by atoms with Gasteiger partial charge in [-0.3, -0.25) is 0 Å². The minimum absolute atomic E-state index is 0.242. The summed E-state index contributed by atoms with van der Waals surface area (Å²) in [6, 6.07) is 9.27. The van der Waals surface area contributed by atoms with E-state index in [1.54, 1.807) is 22.9 Å². The van der Waals surface area contributed by atoms with Gasteiger partial charge in [-0.1, -0.05) is 31.5 Å². The number of halogens is 2. The summed E-state index contributed by atoms with van der Waals surface area (Å²) in [5.41, 5.74) is 3.08. The number of benzene rings is 1. The zero-order valence-electron chi connectivity index (χ0n) is 10.7. The van der Waals surface area contributed by atoms with Gasteiger partial charge >= 0.3 is 0 Å². The van der Waals surface area contributed by atoms with Crippen LogP contribution in [0.15, 0.2) is 24.3 Å². The first-order valence-corrected chi connectivity index (χ1v) is 6.83. The van der Waals surface area contributed by atoms with E-state index in [-0.39, 0.29) is 5.92 Å². The first kappa shape index (κ1) is 13.9. The van der Waals surface area contributed by atoms with E-state index in [2.05, 4.69) is 11.2 Å². The van der Waals surface area contributed by atoms with Crippen LogP contribution in [0.4, 0.5) is 0 Å². The largest absolute Gasteiger partial charge is 0.222 e.